The fourth-order valence-electron chi connectivity index (χ4n) is 1.56. The van der Waals surface area contributed by atoms with Crippen molar-refractivity contribution in [3.63, 3.8) is 0 Å². The lowest BCUT2D eigenvalue weighted by Crippen LogP contribution is -2.43. The molecule has 0 aliphatic carbocycles. The summed E-state index contributed by atoms with van der Waals surface area (Å²) in [5.74, 6) is -0.463. The van der Waals surface area contributed by atoms with Crippen LogP contribution in [0.4, 0.5) is 0 Å². The monoisotopic (exact) mass is 249 g/mol. The van der Waals surface area contributed by atoms with Gasteiger partial charge in [-0.15, -0.1) is 0 Å². The van der Waals surface area contributed by atoms with Crippen molar-refractivity contribution in [1.29, 1.82) is 0 Å². The van der Waals surface area contributed by atoms with Crippen LogP contribution < -0.4 is 0 Å². The molecule has 1 heterocycles. The molecule has 6 heteroatoms. The highest BCUT2D eigenvalue weighted by Crippen LogP contribution is 2.14. The molecule has 94 valence electrons. The Bertz CT molecular complexity index is 320. The fourth-order valence-corrected chi connectivity index (χ4v) is 3.43. The number of nitrogens with zero attached hydrogens (tertiary/aromatic N) is 1. The molecule has 0 spiro atoms. The van der Waals surface area contributed by atoms with Gasteiger partial charge in [0.15, 0.2) is 0 Å². The molecule has 1 fully saturated rings. The fraction of sp³-hybridized carbons (Fsp3) is 0.900. The molecule has 0 radical (unpaired) electrons. The summed E-state index contributed by atoms with van der Waals surface area (Å²) in [6, 6.07) is 0. The van der Waals surface area contributed by atoms with Gasteiger partial charge in [0.25, 0.3) is 0 Å². The normalized spacial score (nSPS) is 20.9. The molecule has 0 saturated carbocycles. The first-order chi connectivity index (χ1) is 7.47. The number of carbonyl (C=O) groups is 1. The first-order valence-corrected chi connectivity index (χ1v) is 7.09. The van der Waals surface area contributed by atoms with Crippen molar-refractivity contribution in [2.45, 2.75) is 13.8 Å². The van der Waals surface area contributed by atoms with Crippen LogP contribution in [0.1, 0.15) is 13.8 Å². The van der Waals surface area contributed by atoms with Gasteiger partial charge < -0.3 is 9.53 Å². The van der Waals surface area contributed by atoms with Gasteiger partial charge in [0.2, 0.25) is 10.0 Å². The van der Waals surface area contributed by atoms with E-state index in [0.717, 1.165) is 6.29 Å². The van der Waals surface area contributed by atoms with Crippen molar-refractivity contribution in [2.24, 2.45) is 11.8 Å². The highest BCUT2D eigenvalue weighted by atomic mass is 32.2. The molecule has 1 aliphatic rings. The summed E-state index contributed by atoms with van der Waals surface area (Å²) in [4.78, 5) is 10.8. The van der Waals surface area contributed by atoms with Crippen LogP contribution in [0.15, 0.2) is 0 Å². The molecule has 1 aliphatic heterocycles. The molecule has 1 saturated heterocycles. The van der Waals surface area contributed by atoms with Gasteiger partial charge in [-0.3, -0.25) is 0 Å². The number of morpholine rings is 1. The SMILES string of the molecule is CC(C)C(C=O)CS(=O)(=O)N1CCOCC1. The minimum Gasteiger partial charge on any atom is -0.379 e. The van der Waals surface area contributed by atoms with Crippen molar-refractivity contribution in [3.05, 3.63) is 0 Å². The lowest BCUT2D eigenvalue weighted by molar-refractivity contribution is -0.111. The maximum atomic E-state index is 12.0. The Balaban J connectivity index is 2.65. The van der Waals surface area contributed by atoms with Gasteiger partial charge in [0.1, 0.15) is 6.29 Å². The largest absolute Gasteiger partial charge is 0.379 e. The maximum Gasteiger partial charge on any atom is 0.214 e. The van der Waals surface area contributed by atoms with Crippen LogP contribution in [0.25, 0.3) is 0 Å². The minimum absolute atomic E-state index is 0.0494. The molecule has 1 unspecified atom stereocenters. The predicted molar refractivity (Wildman–Crippen MR) is 60.6 cm³/mol. The van der Waals surface area contributed by atoms with Crippen LogP contribution in [-0.4, -0.2) is 51.1 Å². The molecule has 5 nitrogen and oxygen atoms in total. The Morgan fingerprint density at radius 3 is 2.31 bits per heavy atom. The van der Waals surface area contributed by atoms with E-state index < -0.39 is 15.9 Å². The molecule has 0 aromatic rings. The van der Waals surface area contributed by atoms with Gasteiger partial charge in [0.05, 0.1) is 19.0 Å². The Kier molecular flexibility index (Phi) is 4.89. The Labute approximate surface area is 96.8 Å². The third-order valence-corrected chi connectivity index (χ3v) is 4.76. The second kappa shape index (κ2) is 5.75. The molecule has 0 aromatic heterocycles. The number of ether oxygens (including phenoxy) is 1. The third kappa shape index (κ3) is 3.54. The van der Waals surface area contributed by atoms with Crippen molar-refractivity contribution in [2.75, 3.05) is 32.1 Å². The van der Waals surface area contributed by atoms with E-state index in [1.54, 1.807) is 0 Å². The second-order valence-corrected chi connectivity index (χ2v) is 6.35. The first kappa shape index (κ1) is 13.6. The zero-order valence-electron chi connectivity index (χ0n) is 9.76. The average molecular weight is 249 g/mol. The Morgan fingerprint density at radius 2 is 1.88 bits per heavy atom. The number of hydrogen-bond acceptors (Lipinski definition) is 4. The van der Waals surface area contributed by atoms with Crippen LogP contribution in [0.2, 0.25) is 0 Å². The molecule has 0 amide bonds. The summed E-state index contributed by atoms with van der Waals surface area (Å²) in [6.45, 7) is 5.37. The molecular weight excluding hydrogens is 230 g/mol. The molecule has 0 bridgehead atoms. The summed E-state index contributed by atoms with van der Waals surface area (Å²) < 4.78 is 30.5. The topological polar surface area (TPSA) is 63.7 Å². The lowest BCUT2D eigenvalue weighted by Gasteiger charge is -2.27. The van der Waals surface area contributed by atoms with E-state index in [0.29, 0.717) is 26.3 Å². The van der Waals surface area contributed by atoms with Gasteiger partial charge >= 0.3 is 0 Å². The third-order valence-electron chi connectivity index (χ3n) is 2.80. The minimum atomic E-state index is -3.32. The van der Waals surface area contributed by atoms with Crippen molar-refractivity contribution >= 4 is 16.3 Å². The number of rotatable bonds is 5. The standard InChI is InChI=1S/C10H19NO4S/c1-9(2)10(7-12)8-16(13,14)11-3-5-15-6-4-11/h7,9-10H,3-6,8H2,1-2H3. The second-order valence-electron chi connectivity index (χ2n) is 4.33. The molecule has 0 N–H and O–H groups in total. The van der Waals surface area contributed by atoms with E-state index in [9.17, 15) is 13.2 Å². The lowest BCUT2D eigenvalue weighted by atomic mass is 10.0. The van der Waals surface area contributed by atoms with Crippen molar-refractivity contribution in [1.82, 2.24) is 4.31 Å². The predicted octanol–water partition coefficient (Wildman–Crippen LogP) is 0.119. The zero-order chi connectivity index (χ0) is 12.2. The Hall–Kier alpha value is -0.460. The zero-order valence-corrected chi connectivity index (χ0v) is 10.6. The summed E-state index contributed by atoms with van der Waals surface area (Å²) in [5, 5.41) is 0. The molecule has 1 atom stereocenters. The quantitative estimate of drug-likeness (QED) is 0.649. The highest BCUT2D eigenvalue weighted by Gasteiger charge is 2.28. The highest BCUT2D eigenvalue weighted by molar-refractivity contribution is 7.89. The summed E-state index contributed by atoms with van der Waals surface area (Å²) >= 11 is 0. The van der Waals surface area contributed by atoms with Crippen LogP contribution >= 0.6 is 0 Å². The maximum absolute atomic E-state index is 12.0. The van der Waals surface area contributed by atoms with Gasteiger partial charge in [-0.1, -0.05) is 13.8 Å². The van der Waals surface area contributed by atoms with Crippen LogP contribution in [0, 0.1) is 11.8 Å². The summed E-state index contributed by atoms with van der Waals surface area (Å²) in [6.07, 6.45) is 0.739. The van der Waals surface area contributed by atoms with E-state index in [2.05, 4.69) is 0 Å². The van der Waals surface area contributed by atoms with Gasteiger partial charge in [0, 0.05) is 19.0 Å². The van der Waals surface area contributed by atoms with Gasteiger partial charge in [-0.05, 0) is 5.92 Å². The van der Waals surface area contributed by atoms with Crippen molar-refractivity contribution in [3.8, 4) is 0 Å². The first-order valence-electron chi connectivity index (χ1n) is 5.48. The van der Waals surface area contributed by atoms with Crippen molar-refractivity contribution < 1.29 is 17.9 Å². The van der Waals surface area contributed by atoms with E-state index >= 15 is 0 Å². The Morgan fingerprint density at radius 1 is 1.31 bits per heavy atom. The molecule has 16 heavy (non-hydrogen) atoms. The molecule has 0 aromatic carbocycles. The smallest absolute Gasteiger partial charge is 0.214 e. The number of sulfonamides is 1. The van der Waals surface area contributed by atoms with Crippen LogP contribution in [0.3, 0.4) is 0 Å². The van der Waals surface area contributed by atoms with E-state index in [-0.39, 0.29) is 11.7 Å². The number of carbonyl (C=O) groups excluding carboxylic acids is 1. The van der Waals surface area contributed by atoms with Crippen LogP contribution in [-0.2, 0) is 19.6 Å². The average Bonchev–Trinajstić information content (AvgIpc) is 2.27. The molecule has 1 rings (SSSR count). The number of hydrogen-bond donors (Lipinski definition) is 0. The van der Waals surface area contributed by atoms with E-state index in [4.69, 9.17) is 4.74 Å². The van der Waals surface area contributed by atoms with E-state index in [1.165, 1.54) is 4.31 Å². The molecular formula is C10H19NO4S. The number of aldehydes is 1. The summed E-state index contributed by atoms with van der Waals surface area (Å²) in [5.41, 5.74) is 0. The van der Waals surface area contributed by atoms with Crippen LogP contribution in [0.5, 0.6) is 0 Å². The summed E-state index contributed by atoms with van der Waals surface area (Å²) in [7, 11) is -3.32. The van der Waals surface area contributed by atoms with E-state index in [1.807, 2.05) is 13.8 Å². The van der Waals surface area contributed by atoms with Gasteiger partial charge in [-0.2, -0.15) is 4.31 Å². The van der Waals surface area contributed by atoms with Gasteiger partial charge in [-0.25, -0.2) is 8.42 Å².